The van der Waals surface area contributed by atoms with Crippen LogP contribution < -0.4 is 5.32 Å². The highest BCUT2D eigenvalue weighted by molar-refractivity contribution is 9.11. The molecule has 1 N–H and O–H groups in total. The number of hydrogen-bond donors (Lipinski definition) is 1. The van der Waals surface area contributed by atoms with E-state index in [-0.39, 0.29) is 6.04 Å². The van der Waals surface area contributed by atoms with Crippen molar-refractivity contribution in [1.29, 1.82) is 0 Å². The SMILES string of the molecule is Brc1ccc(-c2noc([C@@H]3Cc4ccccc4CN3)n2)s1. The molecular weight excluding hydrogens is 350 g/mol. The summed E-state index contributed by atoms with van der Waals surface area (Å²) in [5.74, 6) is 1.31. The van der Waals surface area contributed by atoms with Crippen molar-refractivity contribution in [3.63, 3.8) is 0 Å². The normalized spacial score (nSPS) is 17.7. The molecular formula is C15H12BrN3OS. The quantitative estimate of drug-likeness (QED) is 0.750. The Bertz CT molecular complexity index is 783. The molecule has 0 saturated carbocycles. The van der Waals surface area contributed by atoms with Crippen LogP contribution in [0.5, 0.6) is 0 Å². The van der Waals surface area contributed by atoms with E-state index in [0.29, 0.717) is 11.7 Å². The summed E-state index contributed by atoms with van der Waals surface area (Å²) in [7, 11) is 0. The molecule has 0 bridgehead atoms. The van der Waals surface area contributed by atoms with Crippen molar-refractivity contribution in [3.05, 3.63) is 57.2 Å². The molecule has 3 aromatic rings. The van der Waals surface area contributed by atoms with Crippen LogP contribution in [0.25, 0.3) is 10.7 Å². The highest BCUT2D eigenvalue weighted by atomic mass is 79.9. The maximum absolute atomic E-state index is 5.45. The monoisotopic (exact) mass is 361 g/mol. The maximum atomic E-state index is 5.45. The Kier molecular flexibility index (Phi) is 3.37. The van der Waals surface area contributed by atoms with Gasteiger partial charge in [0, 0.05) is 6.54 Å². The molecule has 4 nitrogen and oxygen atoms in total. The lowest BCUT2D eigenvalue weighted by atomic mass is 9.96. The van der Waals surface area contributed by atoms with Gasteiger partial charge in [-0.05, 0) is 45.6 Å². The number of nitrogens with one attached hydrogen (secondary N) is 1. The summed E-state index contributed by atoms with van der Waals surface area (Å²) >= 11 is 5.05. The van der Waals surface area contributed by atoms with Crippen LogP contribution in [0, 0.1) is 0 Å². The number of nitrogens with zero attached hydrogens (tertiary/aromatic N) is 2. The van der Waals surface area contributed by atoms with Crippen molar-refractivity contribution >= 4 is 27.3 Å². The standard InChI is InChI=1S/C15H12BrN3OS/c16-13-6-5-12(21-13)14-18-15(20-19-14)11-7-9-3-1-2-4-10(9)8-17-11/h1-6,11,17H,7-8H2/t11-/m0/s1. The fourth-order valence-electron chi connectivity index (χ4n) is 2.54. The van der Waals surface area contributed by atoms with Gasteiger partial charge in [-0.2, -0.15) is 4.98 Å². The van der Waals surface area contributed by atoms with Gasteiger partial charge in [-0.1, -0.05) is 29.4 Å². The fourth-order valence-corrected chi connectivity index (χ4v) is 3.85. The number of rotatable bonds is 2. The fraction of sp³-hybridized carbons (Fsp3) is 0.200. The first-order chi connectivity index (χ1) is 10.3. The molecule has 0 amide bonds. The molecule has 0 fully saturated rings. The van der Waals surface area contributed by atoms with E-state index in [4.69, 9.17) is 4.52 Å². The molecule has 1 aliphatic heterocycles. The summed E-state index contributed by atoms with van der Waals surface area (Å²) in [5.41, 5.74) is 2.69. The van der Waals surface area contributed by atoms with Crippen molar-refractivity contribution < 1.29 is 4.52 Å². The Morgan fingerprint density at radius 3 is 2.86 bits per heavy atom. The van der Waals surface area contributed by atoms with Crippen molar-refractivity contribution in [2.45, 2.75) is 19.0 Å². The lowest BCUT2D eigenvalue weighted by molar-refractivity contribution is 0.321. The third-order valence-electron chi connectivity index (χ3n) is 3.61. The largest absolute Gasteiger partial charge is 0.337 e. The second-order valence-electron chi connectivity index (χ2n) is 4.97. The molecule has 106 valence electrons. The van der Waals surface area contributed by atoms with Crippen LogP contribution >= 0.6 is 27.3 Å². The number of aromatic nitrogens is 2. The minimum Gasteiger partial charge on any atom is -0.337 e. The molecule has 1 atom stereocenters. The maximum Gasteiger partial charge on any atom is 0.244 e. The summed E-state index contributed by atoms with van der Waals surface area (Å²) in [6.07, 6.45) is 0.881. The smallest absolute Gasteiger partial charge is 0.244 e. The average Bonchev–Trinajstić information content (AvgIpc) is 3.15. The van der Waals surface area contributed by atoms with E-state index in [1.807, 2.05) is 12.1 Å². The minimum atomic E-state index is 0.0875. The van der Waals surface area contributed by atoms with Gasteiger partial charge in [-0.25, -0.2) is 0 Å². The van der Waals surface area contributed by atoms with Crippen molar-refractivity contribution in [3.8, 4) is 10.7 Å². The topological polar surface area (TPSA) is 51.0 Å². The highest BCUT2D eigenvalue weighted by Crippen LogP contribution is 2.31. The van der Waals surface area contributed by atoms with Crippen LogP contribution in [0.2, 0.25) is 0 Å². The molecule has 3 heterocycles. The van der Waals surface area contributed by atoms with Gasteiger partial charge in [0.2, 0.25) is 11.7 Å². The van der Waals surface area contributed by atoms with Crippen LogP contribution in [0.3, 0.4) is 0 Å². The predicted octanol–water partition coefficient (Wildman–Crippen LogP) is 3.95. The van der Waals surface area contributed by atoms with Crippen LogP contribution in [-0.2, 0) is 13.0 Å². The molecule has 6 heteroatoms. The molecule has 1 aromatic carbocycles. The van der Waals surface area contributed by atoms with Crippen LogP contribution in [-0.4, -0.2) is 10.1 Å². The van der Waals surface area contributed by atoms with E-state index < -0.39 is 0 Å². The van der Waals surface area contributed by atoms with Gasteiger partial charge in [-0.3, -0.25) is 0 Å². The summed E-state index contributed by atoms with van der Waals surface area (Å²) in [5, 5.41) is 7.55. The van der Waals surface area contributed by atoms with Crippen molar-refractivity contribution in [1.82, 2.24) is 15.5 Å². The molecule has 21 heavy (non-hydrogen) atoms. The summed E-state index contributed by atoms with van der Waals surface area (Å²) in [6, 6.07) is 12.5. The van der Waals surface area contributed by atoms with E-state index in [1.54, 1.807) is 11.3 Å². The number of benzene rings is 1. The number of thiophene rings is 1. The summed E-state index contributed by atoms with van der Waals surface area (Å²) < 4.78 is 6.51. The average molecular weight is 362 g/mol. The number of halogens is 1. The third kappa shape index (κ3) is 2.54. The van der Waals surface area contributed by atoms with Gasteiger partial charge in [-0.15, -0.1) is 11.3 Å². The first kappa shape index (κ1) is 13.2. The second-order valence-corrected chi connectivity index (χ2v) is 7.43. The minimum absolute atomic E-state index is 0.0875. The van der Waals surface area contributed by atoms with Gasteiger partial charge >= 0.3 is 0 Å². The van der Waals surface area contributed by atoms with Crippen molar-refractivity contribution in [2.24, 2.45) is 0 Å². The van der Waals surface area contributed by atoms with E-state index in [2.05, 4.69) is 55.7 Å². The van der Waals surface area contributed by atoms with Crippen LogP contribution in [0.15, 0.2) is 44.7 Å². The van der Waals surface area contributed by atoms with Crippen LogP contribution in [0.1, 0.15) is 23.1 Å². The molecule has 0 aliphatic carbocycles. The van der Waals surface area contributed by atoms with E-state index in [9.17, 15) is 0 Å². The highest BCUT2D eigenvalue weighted by Gasteiger charge is 2.24. The molecule has 0 saturated heterocycles. The molecule has 0 unspecified atom stereocenters. The Morgan fingerprint density at radius 1 is 1.19 bits per heavy atom. The van der Waals surface area contributed by atoms with E-state index in [1.165, 1.54) is 11.1 Å². The molecule has 4 rings (SSSR count). The zero-order valence-corrected chi connectivity index (χ0v) is 13.4. The number of hydrogen-bond acceptors (Lipinski definition) is 5. The summed E-state index contributed by atoms with van der Waals surface area (Å²) in [6.45, 7) is 0.836. The Balaban J connectivity index is 1.60. The first-order valence-corrected chi connectivity index (χ1v) is 8.30. The van der Waals surface area contributed by atoms with E-state index >= 15 is 0 Å². The molecule has 0 spiro atoms. The Labute approximate surface area is 134 Å². The zero-order valence-electron chi connectivity index (χ0n) is 11.0. The lowest BCUT2D eigenvalue weighted by Crippen LogP contribution is -2.28. The number of fused-ring (bicyclic) bond motifs is 1. The van der Waals surface area contributed by atoms with Crippen molar-refractivity contribution in [2.75, 3.05) is 0 Å². The molecule has 1 aliphatic rings. The van der Waals surface area contributed by atoms with Gasteiger partial charge in [0.1, 0.15) is 0 Å². The summed E-state index contributed by atoms with van der Waals surface area (Å²) in [4.78, 5) is 5.55. The van der Waals surface area contributed by atoms with E-state index in [0.717, 1.165) is 21.6 Å². The molecule has 0 radical (unpaired) electrons. The zero-order chi connectivity index (χ0) is 14.2. The van der Waals surface area contributed by atoms with Crippen LogP contribution in [0.4, 0.5) is 0 Å². The predicted molar refractivity (Wildman–Crippen MR) is 85.0 cm³/mol. The first-order valence-electron chi connectivity index (χ1n) is 6.69. The second kappa shape index (κ2) is 5.36. The van der Waals surface area contributed by atoms with Gasteiger partial charge in [0.05, 0.1) is 14.7 Å². The third-order valence-corrected chi connectivity index (χ3v) is 5.23. The van der Waals surface area contributed by atoms with Gasteiger partial charge in [0.15, 0.2) is 0 Å². The lowest BCUT2D eigenvalue weighted by Gasteiger charge is -2.23. The Morgan fingerprint density at radius 2 is 2.05 bits per heavy atom. The van der Waals surface area contributed by atoms with Gasteiger partial charge in [0.25, 0.3) is 0 Å². The van der Waals surface area contributed by atoms with Gasteiger partial charge < -0.3 is 9.84 Å². The molecule has 2 aromatic heterocycles. The Hall–Kier alpha value is -1.50.